The summed E-state index contributed by atoms with van der Waals surface area (Å²) in [5.74, 6) is 0. The maximum absolute atomic E-state index is 10.3. The standard InChI is InChI=1S/C17H20O/c1-2-15-10-6-7-11-16(15)17(18)13-12-14-8-4-3-5-9-14/h3-11,17-18H,2,12-13H2,1H3. The van der Waals surface area contributed by atoms with Crippen molar-refractivity contribution in [1.82, 2.24) is 0 Å². The van der Waals surface area contributed by atoms with Crippen LogP contribution in [0.1, 0.15) is 36.1 Å². The molecule has 0 aliphatic heterocycles. The van der Waals surface area contributed by atoms with Gasteiger partial charge in [0.2, 0.25) is 0 Å². The predicted molar refractivity (Wildman–Crippen MR) is 75.5 cm³/mol. The molecule has 0 bridgehead atoms. The average Bonchev–Trinajstić information content (AvgIpc) is 2.45. The Morgan fingerprint density at radius 2 is 1.61 bits per heavy atom. The van der Waals surface area contributed by atoms with Crippen LogP contribution >= 0.6 is 0 Å². The van der Waals surface area contributed by atoms with Crippen LogP contribution in [0.3, 0.4) is 0 Å². The molecule has 0 fully saturated rings. The van der Waals surface area contributed by atoms with Crippen LogP contribution in [-0.4, -0.2) is 5.11 Å². The van der Waals surface area contributed by atoms with Crippen molar-refractivity contribution in [3.63, 3.8) is 0 Å². The lowest BCUT2D eigenvalue weighted by atomic mass is 9.96. The Kier molecular flexibility index (Phi) is 4.54. The van der Waals surface area contributed by atoms with E-state index in [1.807, 2.05) is 36.4 Å². The molecule has 1 nitrogen and oxygen atoms in total. The van der Waals surface area contributed by atoms with Crippen molar-refractivity contribution in [3.8, 4) is 0 Å². The van der Waals surface area contributed by atoms with Crippen LogP contribution in [0.15, 0.2) is 54.6 Å². The van der Waals surface area contributed by atoms with Gasteiger partial charge in [-0.3, -0.25) is 0 Å². The van der Waals surface area contributed by atoms with Crippen LogP contribution in [0.25, 0.3) is 0 Å². The molecule has 18 heavy (non-hydrogen) atoms. The third kappa shape index (κ3) is 3.21. The summed E-state index contributed by atoms with van der Waals surface area (Å²) in [6.45, 7) is 2.13. The lowest BCUT2D eigenvalue weighted by Gasteiger charge is -2.14. The highest BCUT2D eigenvalue weighted by Gasteiger charge is 2.10. The molecule has 0 saturated carbocycles. The van der Waals surface area contributed by atoms with E-state index in [4.69, 9.17) is 0 Å². The molecule has 1 N–H and O–H groups in total. The second-order valence-corrected chi connectivity index (χ2v) is 4.59. The van der Waals surface area contributed by atoms with Gasteiger partial charge in [-0.25, -0.2) is 0 Å². The summed E-state index contributed by atoms with van der Waals surface area (Å²) in [4.78, 5) is 0. The summed E-state index contributed by atoms with van der Waals surface area (Å²) in [6, 6.07) is 18.5. The van der Waals surface area contributed by atoms with Crippen molar-refractivity contribution >= 4 is 0 Å². The van der Waals surface area contributed by atoms with Gasteiger partial charge in [0.1, 0.15) is 0 Å². The summed E-state index contributed by atoms with van der Waals surface area (Å²) in [5.41, 5.74) is 3.61. The summed E-state index contributed by atoms with van der Waals surface area (Å²) < 4.78 is 0. The van der Waals surface area contributed by atoms with E-state index in [1.54, 1.807) is 0 Å². The lowest BCUT2D eigenvalue weighted by molar-refractivity contribution is 0.167. The van der Waals surface area contributed by atoms with Gasteiger partial charge in [0.15, 0.2) is 0 Å². The van der Waals surface area contributed by atoms with Gasteiger partial charge in [-0.1, -0.05) is 61.5 Å². The van der Waals surface area contributed by atoms with E-state index in [-0.39, 0.29) is 6.10 Å². The molecule has 0 aliphatic rings. The average molecular weight is 240 g/mol. The Bertz CT molecular complexity index is 476. The minimum Gasteiger partial charge on any atom is -0.388 e. The number of benzene rings is 2. The van der Waals surface area contributed by atoms with E-state index in [0.29, 0.717) is 0 Å². The van der Waals surface area contributed by atoms with Gasteiger partial charge >= 0.3 is 0 Å². The molecule has 1 unspecified atom stereocenters. The second kappa shape index (κ2) is 6.36. The number of hydrogen-bond donors (Lipinski definition) is 1. The van der Waals surface area contributed by atoms with Gasteiger partial charge in [0, 0.05) is 0 Å². The van der Waals surface area contributed by atoms with E-state index < -0.39 is 0 Å². The zero-order chi connectivity index (χ0) is 12.8. The molecule has 2 aromatic carbocycles. The third-order valence-electron chi connectivity index (χ3n) is 3.34. The number of rotatable bonds is 5. The van der Waals surface area contributed by atoms with E-state index >= 15 is 0 Å². The van der Waals surface area contributed by atoms with Crippen molar-refractivity contribution in [3.05, 3.63) is 71.3 Å². The quantitative estimate of drug-likeness (QED) is 0.840. The molecular weight excluding hydrogens is 220 g/mol. The summed E-state index contributed by atoms with van der Waals surface area (Å²) in [7, 11) is 0. The van der Waals surface area contributed by atoms with Gasteiger partial charge in [-0.05, 0) is 36.0 Å². The van der Waals surface area contributed by atoms with Crippen LogP contribution in [0, 0.1) is 0 Å². The molecule has 0 aliphatic carbocycles. The van der Waals surface area contributed by atoms with Crippen molar-refractivity contribution in [2.24, 2.45) is 0 Å². The number of hydrogen-bond acceptors (Lipinski definition) is 1. The fourth-order valence-corrected chi connectivity index (χ4v) is 2.28. The molecule has 2 aromatic rings. The summed E-state index contributed by atoms with van der Waals surface area (Å²) in [6.07, 6.45) is 2.31. The molecule has 0 radical (unpaired) electrons. The monoisotopic (exact) mass is 240 g/mol. The molecule has 0 amide bonds. The maximum atomic E-state index is 10.3. The molecule has 0 saturated heterocycles. The molecule has 1 atom stereocenters. The fourth-order valence-electron chi connectivity index (χ4n) is 2.28. The van der Waals surface area contributed by atoms with Crippen molar-refractivity contribution < 1.29 is 5.11 Å². The summed E-state index contributed by atoms with van der Waals surface area (Å²) in [5, 5.41) is 10.3. The van der Waals surface area contributed by atoms with Crippen LogP contribution in [0.2, 0.25) is 0 Å². The van der Waals surface area contributed by atoms with E-state index in [1.165, 1.54) is 11.1 Å². The van der Waals surface area contributed by atoms with Crippen LogP contribution < -0.4 is 0 Å². The van der Waals surface area contributed by atoms with Gasteiger partial charge in [0.05, 0.1) is 6.10 Å². The second-order valence-electron chi connectivity index (χ2n) is 4.59. The predicted octanol–water partition coefficient (Wildman–Crippen LogP) is 3.92. The first kappa shape index (κ1) is 12.8. The van der Waals surface area contributed by atoms with Crippen LogP contribution in [0.5, 0.6) is 0 Å². The Morgan fingerprint density at radius 1 is 0.944 bits per heavy atom. The van der Waals surface area contributed by atoms with Crippen molar-refractivity contribution in [2.45, 2.75) is 32.3 Å². The maximum Gasteiger partial charge on any atom is 0.0795 e. The highest BCUT2D eigenvalue weighted by molar-refractivity contribution is 5.29. The highest BCUT2D eigenvalue weighted by Crippen LogP contribution is 2.22. The van der Waals surface area contributed by atoms with Gasteiger partial charge in [0.25, 0.3) is 0 Å². The molecule has 2 rings (SSSR count). The van der Waals surface area contributed by atoms with Crippen molar-refractivity contribution in [2.75, 3.05) is 0 Å². The summed E-state index contributed by atoms with van der Waals surface area (Å²) >= 11 is 0. The topological polar surface area (TPSA) is 20.2 Å². The van der Waals surface area contributed by atoms with Crippen molar-refractivity contribution in [1.29, 1.82) is 0 Å². The number of aryl methyl sites for hydroxylation is 2. The molecular formula is C17H20O. The number of aliphatic hydroxyl groups is 1. The van der Waals surface area contributed by atoms with E-state index in [0.717, 1.165) is 24.8 Å². The number of aliphatic hydroxyl groups excluding tert-OH is 1. The Hall–Kier alpha value is -1.60. The zero-order valence-corrected chi connectivity index (χ0v) is 10.8. The molecule has 0 aromatic heterocycles. The molecule has 1 heteroatoms. The van der Waals surface area contributed by atoms with Gasteiger partial charge in [-0.15, -0.1) is 0 Å². The SMILES string of the molecule is CCc1ccccc1C(O)CCc1ccccc1. The van der Waals surface area contributed by atoms with E-state index in [2.05, 4.69) is 25.1 Å². The largest absolute Gasteiger partial charge is 0.388 e. The zero-order valence-electron chi connectivity index (χ0n) is 10.8. The van der Waals surface area contributed by atoms with Crippen LogP contribution in [0.4, 0.5) is 0 Å². The Labute approximate surface area is 109 Å². The Balaban J connectivity index is 2.01. The fraction of sp³-hybridized carbons (Fsp3) is 0.294. The third-order valence-corrected chi connectivity index (χ3v) is 3.34. The van der Waals surface area contributed by atoms with Gasteiger partial charge < -0.3 is 5.11 Å². The first-order valence-electron chi connectivity index (χ1n) is 6.61. The smallest absolute Gasteiger partial charge is 0.0795 e. The minimum absolute atomic E-state index is 0.360. The molecule has 0 spiro atoms. The highest BCUT2D eigenvalue weighted by atomic mass is 16.3. The van der Waals surface area contributed by atoms with Crippen LogP contribution in [-0.2, 0) is 12.8 Å². The molecule has 0 heterocycles. The first-order valence-corrected chi connectivity index (χ1v) is 6.61. The normalized spacial score (nSPS) is 12.3. The minimum atomic E-state index is -0.360. The Morgan fingerprint density at radius 3 is 2.33 bits per heavy atom. The van der Waals surface area contributed by atoms with Gasteiger partial charge in [-0.2, -0.15) is 0 Å². The molecule has 94 valence electrons. The first-order chi connectivity index (χ1) is 8.81. The van der Waals surface area contributed by atoms with E-state index in [9.17, 15) is 5.11 Å². The lowest BCUT2D eigenvalue weighted by Crippen LogP contribution is -2.03.